The van der Waals surface area contributed by atoms with E-state index >= 15 is 0 Å². The Morgan fingerprint density at radius 3 is 1.93 bits per heavy atom. The average Bonchev–Trinajstić information content (AvgIpc) is 2.70. The van der Waals surface area contributed by atoms with Gasteiger partial charge in [-0.15, -0.1) is 0 Å². The van der Waals surface area contributed by atoms with E-state index in [0.717, 1.165) is 11.3 Å². The molecule has 0 unspecified atom stereocenters. The van der Waals surface area contributed by atoms with Crippen molar-refractivity contribution < 1.29 is 14.4 Å². The Morgan fingerprint density at radius 1 is 0.828 bits per heavy atom. The molecule has 7 heteroatoms. The first-order chi connectivity index (χ1) is 13.8. The van der Waals surface area contributed by atoms with Crippen molar-refractivity contribution in [2.45, 2.75) is 34.1 Å². The molecule has 2 rings (SSSR count). The smallest absolute Gasteiger partial charge is 0.243 e. The normalized spacial score (nSPS) is 10.4. The van der Waals surface area contributed by atoms with Crippen molar-refractivity contribution >= 4 is 40.5 Å². The number of carbonyl (C=O) groups excluding carboxylic acids is 3. The van der Waals surface area contributed by atoms with Crippen LogP contribution in [0.25, 0.3) is 0 Å². The molecule has 0 saturated heterocycles. The maximum Gasteiger partial charge on any atom is 0.243 e. The summed E-state index contributed by atoms with van der Waals surface area (Å²) in [7, 11) is 0. The summed E-state index contributed by atoms with van der Waals surface area (Å²) in [6.07, 6.45) is 0.389. The molecule has 2 aromatic carbocycles. The van der Waals surface area contributed by atoms with Crippen LogP contribution in [0.4, 0.5) is 22.7 Å². The fourth-order valence-corrected chi connectivity index (χ4v) is 2.48. The molecular weight excluding hydrogens is 368 g/mol. The number of amides is 3. The van der Waals surface area contributed by atoms with Gasteiger partial charge in [-0.1, -0.05) is 26.8 Å². The molecule has 154 valence electrons. The van der Waals surface area contributed by atoms with E-state index in [1.54, 1.807) is 49.4 Å². The minimum atomic E-state index is -0.204. The third-order valence-corrected chi connectivity index (χ3v) is 4.33. The molecule has 0 saturated carbocycles. The summed E-state index contributed by atoms with van der Waals surface area (Å²) in [5.74, 6) is -0.415. The Balaban J connectivity index is 1.91. The van der Waals surface area contributed by atoms with E-state index in [-0.39, 0.29) is 30.2 Å². The highest BCUT2D eigenvalue weighted by Gasteiger charge is 2.10. The number of anilines is 4. The zero-order chi connectivity index (χ0) is 21.4. The number of nitrogens with one attached hydrogen (secondary N) is 4. The van der Waals surface area contributed by atoms with Crippen LogP contribution in [0.3, 0.4) is 0 Å². The number of benzene rings is 2. The summed E-state index contributed by atoms with van der Waals surface area (Å²) < 4.78 is 0. The van der Waals surface area contributed by atoms with Gasteiger partial charge in [-0.25, -0.2) is 0 Å². The summed E-state index contributed by atoms with van der Waals surface area (Å²) in [4.78, 5) is 35.6. The van der Waals surface area contributed by atoms with Crippen LogP contribution in [-0.2, 0) is 14.4 Å². The van der Waals surface area contributed by atoms with Gasteiger partial charge in [-0.3, -0.25) is 14.4 Å². The Morgan fingerprint density at radius 2 is 1.38 bits per heavy atom. The molecule has 3 amide bonds. The van der Waals surface area contributed by atoms with Crippen LogP contribution in [0.15, 0.2) is 42.5 Å². The fraction of sp³-hybridized carbons (Fsp3) is 0.318. The molecule has 0 atom stereocenters. The van der Waals surface area contributed by atoms with Gasteiger partial charge in [0.05, 0.1) is 6.54 Å². The molecule has 0 heterocycles. The van der Waals surface area contributed by atoms with E-state index in [1.807, 2.05) is 20.8 Å². The van der Waals surface area contributed by atoms with E-state index in [4.69, 9.17) is 0 Å². The lowest BCUT2D eigenvalue weighted by molar-refractivity contribution is -0.119. The molecule has 29 heavy (non-hydrogen) atoms. The van der Waals surface area contributed by atoms with Gasteiger partial charge in [0.1, 0.15) is 0 Å². The summed E-state index contributed by atoms with van der Waals surface area (Å²) in [6.45, 7) is 7.38. The van der Waals surface area contributed by atoms with Crippen LogP contribution in [0, 0.1) is 12.8 Å². The van der Waals surface area contributed by atoms with Gasteiger partial charge in [-0.2, -0.15) is 0 Å². The standard InChI is InChI=1S/C22H28N4O3/c1-5-20(27)25-18-7-6-8-19(15(18)4)26-21(28)13-23-16-9-11-17(12-10-16)24-22(29)14(2)3/h6-12,14,23H,5,13H2,1-4H3,(H,24,29)(H,25,27)(H,26,28). The maximum absolute atomic E-state index is 12.3. The topological polar surface area (TPSA) is 99.3 Å². The third kappa shape index (κ3) is 6.64. The van der Waals surface area contributed by atoms with E-state index < -0.39 is 0 Å². The van der Waals surface area contributed by atoms with Gasteiger partial charge in [0.15, 0.2) is 0 Å². The molecule has 0 aliphatic carbocycles. The van der Waals surface area contributed by atoms with Crippen LogP contribution in [0.2, 0.25) is 0 Å². The molecule has 0 radical (unpaired) electrons. The second-order valence-electron chi connectivity index (χ2n) is 7.00. The molecule has 7 nitrogen and oxygen atoms in total. The van der Waals surface area contributed by atoms with Crippen molar-refractivity contribution in [1.29, 1.82) is 0 Å². The molecule has 0 spiro atoms. The summed E-state index contributed by atoms with van der Waals surface area (Å²) in [5, 5.41) is 11.5. The molecule has 0 aliphatic heterocycles. The zero-order valence-electron chi connectivity index (χ0n) is 17.3. The minimum absolute atomic E-state index is 0.0437. The van der Waals surface area contributed by atoms with Gasteiger partial charge in [-0.05, 0) is 48.9 Å². The first-order valence-electron chi connectivity index (χ1n) is 9.64. The minimum Gasteiger partial charge on any atom is -0.376 e. The summed E-state index contributed by atoms with van der Waals surface area (Å²) in [5.41, 5.74) is 3.61. The predicted octanol–water partition coefficient (Wildman–Crippen LogP) is 3.99. The van der Waals surface area contributed by atoms with Crippen molar-refractivity contribution in [2.75, 3.05) is 27.8 Å². The largest absolute Gasteiger partial charge is 0.376 e. The zero-order valence-corrected chi connectivity index (χ0v) is 17.3. The molecule has 0 aromatic heterocycles. The molecule has 0 bridgehead atoms. The summed E-state index contributed by atoms with van der Waals surface area (Å²) in [6, 6.07) is 12.5. The second-order valence-corrected chi connectivity index (χ2v) is 7.00. The van der Waals surface area contributed by atoms with Gasteiger partial charge >= 0.3 is 0 Å². The van der Waals surface area contributed by atoms with Crippen molar-refractivity contribution in [2.24, 2.45) is 5.92 Å². The molecular formula is C22H28N4O3. The van der Waals surface area contributed by atoms with Gasteiger partial charge in [0, 0.05) is 35.1 Å². The molecule has 4 N–H and O–H groups in total. The monoisotopic (exact) mass is 396 g/mol. The first kappa shape index (κ1) is 21.9. The van der Waals surface area contributed by atoms with Crippen LogP contribution >= 0.6 is 0 Å². The van der Waals surface area contributed by atoms with Crippen LogP contribution in [-0.4, -0.2) is 24.3 Å². The Kier molecular flexibility index (Phi) is 7.77. The molecule has 0 fully saturated rings. The number of carbonyl (C=O) groups is 3. The van der Waals surface area contributed by atoms with E-state index in [0.29, 0.717) is 23.5 Å². The Bertz CT molecular complexity index is 876. The van der Waals surface area contributed by atoms with Crippen molar-refractivity contribution in [1.82, 2.24) is 0 Å². The highest BCUT2D eigenvalue weighted by molar-refractivity contribution is 5.97. The van der Waals surface area contributed by atoms with Crippen molar-refractivity contribution in [3.63, 3.8) is 0 Å². The number of hydrogen-bond donors (Lipinski definition) is 4. The molecule has 0 aliphatic rings. The van der Waals surface area contributed by atoms with Crippen LogP contribution in [0.1, 0.15) is 32.8 Å². The average molecular weight is 396 g/mol. The lowest BCUT2D eigenvalue weighted by Gasteiger charge is -2.14. The highest BCUT2D eigenvalue weighted by Crippen LogP contribution is 2.23. The number of rotatable bonds is 8. The lowest BCUT2D eigenvalue weighted by Crippen LogP contribution is -2.22. The van der Waals surface area contributed by atoms with E-state index in [2.05, 4.69) is 21.3 Å². The summed E-state index contributed by atoms with van der Waals surface area (Å²) >= 11 is 0. The molecule has 2 aromatic rings. The lowest BCUT2D eigenvalue weighted by atomic mass is 10.1. The van der Waals surface area contributed by atoms with Crippen molar-refractivity contribution in [3.8, 4) is 0 Å². The van der Waals surface area contributed by atoms with E-state index in [1.165, 1.54) is 0 Å². The second kappa shape index (κ2) is 10.3. The highest BCUT2D eigenvalue weighted by atomic mass is 16.2. The predicted molar refractivity (Wildman–Crippen MR) is 117 cm³/mol. The Labute approximate surface area is 171 Å². The van der Waals surface area contributed by atoms with Gasteiger partial charge < -0.3 is 21.3 Å². The van der Waals surface area contributed by atoms with E-state index in [9.17, 15) is 14.4 Å². The van der Waals surface area contributed by atoms with Crippen LogP contribution in [0.5, 0.6) is 0 Å². The number of hydrogen-bond acceptors (Lipinski definition) is 4. The van der Waals surface area contributed by atoms with Crippen molar-refractivity contribution in [3.05, 3.63) is 48.0 Å². The van der Waals surface area contributed by atoms with Gasteiger partial charge in [0.25, 0.3) is 0 Å². The third-order valence-electron chi connectivity index (χ3n) is 4.33. The first-order valence-corrected chi connectivity index (χ1v) is 9.64. The fourth-order valence-electron chi connectivity index (χ4n) is 2.48. The Hall–Kier alpha value is -3.35. The quantitative estimate of drug-likeness (QED) is 0.542. The SMILES string of the molecule is CCC(=O)Nc1cccc(NC(=O)CNc2ccc(NC(=O)C(C)C)cc2)c1C. The maximum atomic E-state index is 12.3. The van der Waals surface area contributed by atoms with Gasteiger partial charge in [0.2, 0.25) is 17.7 Å². The van der Waals surface area contributed by atoms with Crippen LogP contribution < -0.4 is 21.3 Å².